The summed E-state index contributed by atoms with van der Waals surface area (Å²) in [4.78, 5) is 14.5. The minimum absolute atomic E-state index is 0.126. The molecule has 2 rings (SSSR count). The number of benzene rings is 1. The highest BCUT2D eigenvalue weighted by Gasteiger charge is 2.29. The molecule has 110 valence electrons. The number of likely N-dealkylation sites (tertiary alicyclic amines) is 1. The number of piperidine rings is 1. The maximum Gasteiger partial charge on any atom is 0.253 e. The standard InChI is InChI=1S/C16H24N2O2/c1-4-12-11-18(10-9-15(12)17-2)16(19)13-5-7-14(20-3)8-6-13/h5-8,12,15,17H,4,9-11H2,1-3H3. The second kappa shape index (κ2) is 6.75. The third kappa shape index (κ3) is 3.12. The summed E-state index contributed by atoms with van der Waals surface area (Å²) in [5, 5.41) is 3.36. The van der Waals surface area contributed by atoms with E-state index in [1.807, 2.05) is 36.2 Å². The Balaban J connectivity index is 2.05. The van der Waals surface area contributed by atoms with Crippen molar-refractivity contribution >= 4 is 5.91 Å². The van der Waals surface area contributed by atoms with Crippen LogP contribution in [0.15, 0.2) is 24.3 Å². The number of ether oxygens (including phenoxy) is 1. The Hall–Kier alpha value is -1.55. The number of nitrogens with one attached hydrogen (secondary N) is 1. The maximum absolute atomic E-state index is 12.5. The van der Waals surface area contributed by atoms with Crippen LogP contribution in [0.3, 0.4) is 0 Å². The van der Waals surface area contributed by atoms with Crippen molar-refractivity contribution < 1.29 is 9.53 Å². The van der Waals surface area contributed by atoms with Crippen LogP contribution >= 0.6 is 0 Å². The van der Waals surface area contributed by atoms with Crippen molar-refractivity contribution in [2.75, 3.05) is 27.2 Å². The highest BCUT2D eigenvalue weighted by Crippen LogP contribution is 2.22. The third-order valence-electron chi connectivity index (χ3n) is 4.25. The van der Waals surface area contributed by atoms with E-state index in [0.29, 0.717) is 12.0 Å². The first kappa shape index (κ1) is 14.9. The second-order valence-electron chi connectivity index (χ2n) is 5.33. The number of hydrogen-bond acceptors (Lipinski definition) is 3. The summed E-state index contributed by atoms with van der Waals surface area (Å²) in [5.74, 6) is 1.44. The molecule has 2 atom stereocenters. The van der Waals surface area contributed by atoms with Crippen LogP contribution in [0.25, 0.3) is 0 Å². The summed E-state index contributed by atoms with van der Waals surface area (Å²) in [7, 11) is 3.64. The zero-order chi connectivity index (χ0) is 14.5. The third-order valence-corrected chi connectivity index (χ3v) is 4.25. The fourth-order valence-electron chi connectivity index (χ4n) is 2.93. The predicted molar refractivity (Wildman–Crippen MR) is 80.1 cm³/mol. The molecule has 0 bridgehead atoms. The molecule has 1 aromatic carbocycles. The SMILES string of the molecule is CCC1CN(C(=O)c2ccc(OC)cc2)CCC1NC. The first-order valence-corrected chi connectivity index (χ1v) is 7.30. The van der Waals surface area contributed by atoms with Gasteiger partial charge in [0.2, 0.25) is 0 Å². The highest BCUT2D eigenvalue weighted by atomic mass is 16.5. The summed E-state index contributed by atoms with van der Waals surface area (Å²) in [6.07, 6.45) is 2.12. The van der Waals surface area contributed by atoms with Crippen molar-refractivity contribution in [3.05, 3.63) is 29.8 Å². The number of amides is 1. The number of rotatable bonds is 4. The van der Waals surface area contributed by atoms with Gasteiger partial charge >= 0.3 is 0 Å². The first-order valence-electron chi connectivity index (χ1n) is 7.30. The van der Waals surface area contributed by atoms with Gasteiger partial charge in [-0.2, -0.15) is 0 Å². The molecule has 4 heteroatoms. The van der Waals surface area contributed by atoms with Gasteiger partial charge in [-0.05, 0) is 43.7 Å². The van der Waals surface area contributed by atoms with Gasteiger partial charge in [0, 0.05) is 24.7 Å². The zero-order valence-corrected chi connectivity index (χ0v) is 12.6. The van der Waals surface area contributed by atoms with Crippen LogP contribution in [0.5, 0.6) is 5.75 Å². The van der Waals surface area contributed by atoms with Gasteiger partial charge in [0.1, 0.15) is 5.75 Å². The molecular weight excluding hydrogens is 252 g/mol. The molecule has 4 nitrogen and oxygen atoms in total. The summed E-state index contributed by atoms with van der Waals surface area (Å²) in [5.41, 5.74) is 0.739. The first-order chi connectivity index (χ1) is 9.69. The molecule has 1 aliphatic heterocycles. The normalized spacial score (nSPS) is 22.6. The minimum atomic E-state index is 0.126. The molecular formula is C16H24N2O2. The van der Waals surface area contributed by atoms with Crippen molar-refractivity contribution in [1.29, 1.82) is 0 Å². The topological polar surface area (TPSA) is 41.6 Å². The van der Waals surface area contributed by atoms with E-state index in [2.05, 4.69) is 12.2 Å². The van der Waals surface area contributed by atoms with Crippen LogP contribution in [0, 0.1) is 5.92 Å². The molecule has 0 aliphatic carbocycles. The predicted octanol–water partition coefficient (Wildman–Crippen LogP) is 2.16. The summed E-state index contributed by atoms with van der Waals surface area (Å²) < 4.78 is 5.12. The smallest absolute Gasteiger partial charge is 0.253 e. The number of carbonyl (C=O) groups is 1. The number of carbonyl (C=O) groups excluding carboxylic acids is 1. The lowest BCUT2D eigenvalue weighted by molar-refractivity contribution is 0.0631. The van der Waals surface area contributed by atoms with Gasteiger partial charge in [-0.1, -0.05) is 13.3 Å². The highest BCUT2D eigenvalue weighted by molar-refractivity contribution is 5.94. The van der Waals surface area contributed by atoms with Gasteiger partial charge < -0.3 is 15.0 Å². The number of methoxy groups -OCH3 is 1. The van der Waals surface area contributed by atoms with Crippen LogP contribution in [0.2, 0.25) is 0 Å². The lowest BCUT2D eigenvalue weighted by atomic mass is 9.89. The van der Waals surface area contributed by atoms with Gasteiger partial charge in [-0.15, -0.1) is 0 Å². The van der Waals surface area contributed by atoms with E-state index >= 15 is 0 Å². The molecule has 0 aromatic heterocycles. The van der Waals surface area contributed by atoms with E-state index in [1.165, 1.54) is 0 Å². The quantitative estimate of drug-likeness (QED) is 0.916. The Morgan fingerprint density at radius 2 is 2.10 bits per heavy atom. The van der Waals surface area contributed by atoms with Gasteiger partial charge in [0.15, 0.2) is 0 Å². The van der Waals surface area contributed by atoms with Crippen LogP contribution in [-0.4, -0.2) is 44.1 Å². The molecule has 1 N–H and O–H groups in total. The molecule has 0 saturated carbocycles. The van der Waals surface area contributed by atoms with E-state index in [1.54, 1.807) is 7.11 Å². The number of hydrogen-bond donors (Lipinski definition) is 1. The average molecular weight is 276 g/mol. The molecule has 1 aromatic rings. The van der Waals surface area contributed by atoms with E-state index in [9.17, 15) is 4.79 Å². The Kier molecular flexibility index (Phi) is 5.01. The molecule has 2 unspecified atom stereocenters. The summed E-state index contributed by atoms with van der Waals surface area (Å²) in [6.45, 7) is 3.86. The van der Waals surface area contributed by atoms with Gasteiger partial charge in [0.05, 0.1) is 7.11 Å². The molecule has 1 saturated heterocycles. The van der Waals surface area contributed by atoms with E-state index in [0.717, 1.165) is 37.2 Å². The maximum atomic E-state index is 12.5. The van der Waals surface area contributed by atoms with Crippen molar-refractivity contribution in [1.82, 2.24) is 10.2 Å². The largest absolute Gasteiger partial charge is 0.497 e. The van der Waals surface area contributed by atoms with Crippen molar-refractivity contribution in [3.63, 3.8) is 0 Å². The van der Waals surface area contributed by atoms with E-state index < -0.39 is 0 Å². The van der Waals surface area contributed by atoms with Crippen LogP contribution in [0.4, 0.5) is 0 Å². The summed E-state index contributed by atoms with van der Waals surface area (Å²) >= 11 is 0. The molecule has 0 radical (unpaired) electrons. The Bertz CT molecular complexity index is 444. The molecule has 0 spiro atoms. The Labute approximate surface area is 121 Å². The average Bonchev–Trinajstić information content (AvgIpc) is 2.53. The van der Waals surface area contributed by atoms with Crippen LogP contribution in [-0.2, 0) is 0 Å². The van der Waals surface area contributed by atoms with Gasteiger partial charge in [-0.25, -0.2) is 0 Å². The lowest BCUT2D eigenvalue weighted by Gasteiger charge is -2.38. The Morgan fingerprint density at radius 1 is 1.40 bits per heavy atom. The van der Waals surface area contributed by atoms with E-state index in [-0.39, 0.29) is 5.91 Å². The summed E-state index contributed by atoms with van der Waals surface area (Å²) in [6, 6.07) is 7.88. The van der Waals surface area contributed by atoms with Gasteiger partial charge in [0.25, 0.3) is 5.91 Å². The Morgan fingerprint density at radius 3 is 2.65 bits per heavy atom. The molecule has 1 aliphatic rings. The lowest BCUT2D eigenvalue weighted by Crippen LogP contribution is -2.50. The molecule has 1 amide bonds. The zero-order valence-electron chi connectivity index (χ0n) is 12.6. The second-order valence-corrected chi connectivity index (χ2v) is 5.33. The number of nitrogens with zero attached hydrogens (tertiary/aromatic N) is 1. The molecule has 20 heavy (non-hydrogen) atoms. The molecule has 1 heterocycles. The van der Waals surface area contributed by atoms with Crippen molar-refractivity contribution in [2.24, 2.45) is 5.92 Å². The van der Waals surface area contributed by atoms with E-state index in [4.69, 9.17) is 4.74 Å². The fraction of sp³-hybridized carbons (Fsp3) is 0.562. The molecule has 1 fully saturated rings. The van der Waals surface area contributed by atoms with Crippen molar-refractivity contribution in [2.45, 2.75) is 25.8 Å². The van der Waals surface area contributed by atoms with Gasteiger partial charge in [-0.3, -0.25) is 4.79 Å². The minimum Gasteiger partial charge on any atom is -0.497 e. The van der Waals surface area contributed by atoms with Crippen molar-refractivity contribution in [3.8, 4) is 5.75 Å². The van der Waals surface area contributed by atoms with Crippen LogP contribution in [0.1, 0.15) is 30.1 Å². The monoisotopic (exact) mass is 276 g/mol. The fourth-order valence-corrected chi connectivity index (χ4v) is 2.93. The van der Waals surface area contributed by atoms with Crippen LogP contribution < -0.4 is 10.1 Å².